The molecular weight excluding hydrogens is 500 g/mol. The summed E-state index contributed by atoms with van der Waals surface area (Å²) < 4.78 is 31.3. The average molecular weight is 525 g/mol. The first-order valence-corrected chi connectivity index (χ1v) is 12.2. The highest BCUT2D eigenvalue weighted by Gasteiger charge is 2.45. The summed E-state index contributed by atoms with van der Waals surface area (Å²) in [4.78, 5) is 75.6. The van der Waals surface area contributed by atoms with Crippen LogP contribution in [0.15, 0.2) is 30.3 Å². The third-order valence-electron chi connectivity index (χ3n) is 5.52. The number of hydrogen-bond acceptors (Lipinski definition) is 8. The van der Waals surface area contributed by atoms with Crippen molar-refractivity contribution in [3.8, 4) is 0 Å². The molecule has 2 fully saturated rings. The fraction of sp³-hybridized carbons (Fsp3) is 0.400. The molecule has 0 aromatic heterocycles. The summed E-state index contributed by atoms with van der Waals surface area (Å²) in [5.74, 6) is -4.56. The van der Waals surface area contributed by atoms with Crippen molar-refractivity contribution < 1.29 is 41.7 Å². The first-order valence-electron chi connectivity index (χ1n) is 10.8. The number of β-lactam (4-membered cyclic amide) rings is 1. The van der Waals surface area contributed by atoms with Crippen LogP contribution in [-0.4, -0.2) is 101 Å². The fourth-order valence-electron chi connectivity index (χ4n) is 3.54. The van der Waals surface area contributed by atoms with E-state index in [2.05, 4.69) is 16.0 Å². The quantitative estimate of drug-likeness (QED) is 0.159. The topological polar surface area (TPSA) is 203 Å². The van der Waals surface area contributed by atoms with Gasteiger partial charge in [-0.25, -0.2) is 9.10 Å². The van der Waals surface area contributed by atoms with Crippen molar-refractivity contribution in [1.29, 1.82) is 0 Å². The van der Waals surface area contributed by atoms with Gasteiger partial charge in [-0.05, 0) is 12.5 Å². The molecule has 0 radical (unpaired) electrons. The summed E-state index contributed by atoms with van der Waals surface area (Å²) in [6.07, 6.45) is 0. The molecule has 0 aliphatic carbocycles. The van der Waals surface area contributed by atoms with E-state index in [1.54, 1.807) is 25.1 Å². The Kier molecular flexibility index (Phi) is 7.89. The molecule has 1 aromatic rings. The van der Waals surface area contributed by atoms with Crippen LogP contribution in [0.2, 0.25) is 0 Å². The second-order valence-corrected chi connectivity index (χ2v) is 9.16. The van der Waals surface area contributed by atoms with Crippen LogP contribution in [0.3, 0.4) is 0 Å². The number of benzene rings is 1. The van der Waals surface area contributed by atoms with Gasteiger partial charge in [0.1, 0.15) is 12.1 Å². The maximum atomic E-state index is 12.8. The minimum Gasteiger partial charge on any atom is -0.341 e. The molecular formula is C20H24N6O9S. The number of urea groups is 1. The highest BCUT2D eigenvalue weighted by atomic mass is 32.2. The van der Waals surface area contributed by atoms with E-state index in [9.17, 15) is 37.2 Å². The van der Waals surface area contributed by atoms with E-state index in [0.717, 1.165) is 0 Å². The summed E-state index contributed by atoms with van der Waals surface area (Å²) >= 11 is 0. The molecule has 0 bridgehead atoms. The molecule has 7 amide bonds. The molecule has 2 atom stereocenters. The summed E-state index contributed by atoms with van der Waals surface area (Å²) in [5, 5.41) is 6.93. The number of carbonyl (C=O) groups is 6. The Hall–Kier alpha value is -4.05. The Morgan fingerprint density at radius 2 is 1.75 bits per heavy atom. The Morgan fingerprint density at radius 3 is 2.33 bits per heavy atom. The van der Waals surface area contributed by atoms with Crippen LogP contribution in [-0.2, 0) is 34.3 Å². The molecule has 1 unspecified atom stereocenters. The molecule has 0 spiro atoms. The van der Waals surface area contributed by atoms with E-state index >= 15 is 0 Å². The van der Waals surface area contributed by atoms with Gasteiger partial charge in [0.05, 0.1) is 13.1 Å². The fourth-order valence-corrected chi connectivity index (χ4v) is 4.24. The second kappa shape index (κ2) is 10.7. The molecule has 2 saturated heterocycles. The molecule has 16 heteroatoms. The summed E-state index contributed by atoms with van der Waals surface area (Å²) in [7, 11) is -4.74. The van der Waals surface area contributed by atoms with Crippen molar-refractivity contribution in [2.45, 2.75) is 19.0 Å². The number of amides is 7. The zero-order valence-corrected chi connectivity index (χ0v) is 19.9. The van der Waals surface area contributed by atoms with Gasteiger partial charge in [0.2, 0.25) is 11.8 Å². The number of nitrogens with zero attached hydrogens (tertiary/aromatic N) is 3. The van der Waals surface area contributed by atoms with Crippen LogP contribution in [0.5, 0.6) is 0 Å². The van der Waals surface area contributed by atoms with Gasteiger partial charge in [-0.2, -0.15) is 8.42 Å². The van der Waals surface area contributed by atoms with E-state index in [1.165, 1.54) is 17.0 Å². The number of imide groups is 1. The molecule has 2 heterocycles. The predicted molar refractivity (Wildman–Crippen MR) is 120 cm³/mol. The first-order chi connectivity index (χ1) is 16.9. The van der Waals surface area contributed by atoms with Gasteiger partial charge in [0.25, 0.3) is 5.91 Å². The standard InChI is InChI=1S/C20H24N6O9S/c1-2-24-8-9-25(19(31)18(24)30)20(32)21-10-14(27)23-15(12-6-4-3-5-7-12)16(28)22-13-11-26(17(13)29)36(33,34)35/h3-7,13,15H,2,8-11H2,1H3,(H,21,32)(H,22,28)(H,23,27)(H,33,34,35)/t13?,15-/m1/s1. The number of piperazine rings is 1. The Balaban J connectivity index is 1.60. The van der Waals surface area contributed by atoms with Crippen molar-refractivity contribution in [2.75, 3.05) is 32.7 Å². The third-order valence-corrected chi connectivity index (χ3v) is 6.41. The van der Waals surface area contributed by atoms with Crippen molar-refractivity contribution in [2.24, 2.45) is 0 Å². The number of nitrogens with one attached hydrogen (secondary N) is 3. The van der Waals surface area contributed by atoms with Crippen molar-refractivity contribution >= 4 is 45.9 Å². The monoisotopic (exact) mass is 524 g/mol. The highest BCUT2D eigenvalue weighted by molar-refractivity contribution is 7.84. The largest absolute Gasteiger partial charge is 0.362 e. The molecule has 2 aliphatic heterocycles. The third kappa shape index (κ3) is 5.77. The second-order valence-electron chi connectivity index (χ2n) is 7.82. The molecule has 194 valence electrons. The zero-order valence-electron chi connectivity index (χ0n) is 19.0. The maximum absolute atomic E-state index is 12.8. The lowest BCUT2D eigenvalue weighted by Crippen LogP contribution is -2.66. The zero-order chi connectivity index (χ0) is 26.6. The number of likely N-dealkylation sites (N-methyl/N-ethyl adjacent to an activating group) is 1. The SMILES string of the molecule is CCN1CCN(C(=O)NCC(=O)N[C@@H](C(=O)NC2CN(S(=O)(=O)O)C2=O)c2ccccc2)C(=O)C1=O. The Labute approximate surface area is 205 Å². The van der Waals surface area contributed by atoms with E-state index in [0.29, 0.717) is 17.0 Å². The minimum atomic E-state index is -4.74. The molecule has 4 N–H and O–H groups in total. The minimum absolute atomic E-state index is 0.0447. The van der Waals surface area contributed by atoms with Gasteiger partial charge >= 0.3 is 28.1 Å². The molecule has 0 saturated carbocycles. The number of carbonyl (C=O) groups excluding carboxylic acids is 6. The molecule has 1 aromatic carbocycles. The van der Waals surface area contributed by atoms with Gasteiger partial charge in [-0.15, -0.1) is 0 Å². The van der Waals surface area contributed by atoms with Crippen molar-refractivity contribution in [1.82, 2.24) is 30.1 Å². The van der Waals surface area contributed by atoms with Crippen molar-refractivity contribution in [3.05, 3.63) is 35.9 Å². The maximum Gasteiger partial charge on any atom is 0.362 e. The van der Waals surface area contributed by atoms with E-state index in [4.69, 9.17) is 4.55 Å². The van der Waals surface area contributed by atoms with Gasteiger partial charge in [0.15, 0.2) is 0 Å². The van der Waals surface area contributed by atoms with Crippen LogP contribution in [0.25, 0.3) is 0 Å². The van der Waals surface area contributed by atoms with E-state index in [1.807, 2.05) is 0 Å². The molecule has 2 aliphatic rings. The molecule has 36 heavy (non-hydrogen) atoms. The number of hydrogen-bond donors (Lipinski definition) is 4. The normalized spacial score (nSPS) is 18.9. The predicted octanol–water partition coefficient (Wildman–Crippen LogP) is -2.63. The van der Waals surface area contributed by atoms with Gasteiger partial charge in [-0.1, -0.05) is 30.3 Å². The van der Waals surface area contributed by atoms with Gasteiger partial charge < -0.3 is 20.9 Å². The van der Waals surface area contributed by atoms with Crippen LogP contribution < -0.4 is 16.0 Å². The van der Waals surface area contributed by atoms with Crippen LogP contribution in [0.4, 0.5) is 4.79 Å². The van der Waals surface area contributed by atoms with Crippen LogP contribution >= 0.6 is 0 Å². The van der Waals surface area contributed by atoms with Gasteiger partial charge in [-0.3, -0.25) is 33.4 Å². The van der Waals surface area contributed by atoms with Crippen LogP contribution in [0.1, 0.15) is 18.5 Å². The summed E-state index contributed by atoms with van der Waals surface area (Å²) in [5.41, 5.74) is 0.324. The van der Waals surface area contributed by atoms with Crippen LogP contribution in [0, 0.1) is 0 Å². The lowest BCUT2D eigenvalue weighted by atomic mass is 10.0. The Morgan fingerprint density at radius 1 is 1.08 bits per heavy atom. The molecule has 3 rings (SSSR count). The lowest BCUT2D eigenvalue weighted by molar-refractivity contribution is -0.153. The highest BCUT2D eigenvalue weighted by Crippen LogP contribution is 2.17. The van der Waals surface area contributed by atoms with Crippen molar-refractivity contribution in [3.63, 3.8) is 0 Å². The van der Waals surface area contributed by atoms with E-state index < -0.39 is 71.0 Å². The van der Waals surface area contributed by atoms with Gasteiger partial charge in [0, 0.05) is 19.6 Å². The smallest absolute Gasteiger partial charge is 0.341 e. The summed E-state index contributed by atoms with van der Waals surface area (Å²) in [6.45, 7) is 1.00. The number of rotatable bonds is 8. The average Bonchev–Trinajstić information content (AvgIpc) is 2.84. The van der Waals surface area contributed by atoms with E-state index in [-0.39, 0.29) is 17.4 Å². The lowest BCUT2D eigenvalue weighted by Gasteiger charge is -2.36. The first kappa shape index (κ1) is 26.6. The Bertz CT molecular complexity index is 1190. The molecule has 15 nitrogen and oxygen atoms in total. The summed E-state index contributed by atoms with van der Waals surface area (Å²) in [6, 6.07) is 4.39.